The Morgan fingerprint density at radius 3 is 2.48 bits per heavy atom. The first-order chi connectivity index (χ1) is 14.1. The molecular weight excluding hydrogens is 386 g/mol. The molecule has 2 aliphatic rings. The van der Waals surface area contributed by atoms with Crippen LogP contribution in [0.15, 0.2) is 59.5 Å². The summed E-state index contributed by atoms with van der Waals surface area (Å²) < 4.78 is 0. The maximum Gasteiger partial charge on any atom is 0.238 e. The number of nitrogens with zero attached hydrogens (tertiary/aromatic N) is 1. The minimum Gasteiger partial charge on any atom is -0.343 e. The lowest BCUT2D eigenvalue weighted by molar-refractivity contribution is -0.135. The average molecular weight is 410 g/mol. The molecule has 6 nitrogen and oxygen atoms in total. The number of likely N-dealkylation sites (tertiary alicyclic amines) is 1. The highest BCUT2D eigenvalue weighted by Crippen LogP contribution is 2.37. The van der Waals surface area contributed by atoms with Crippen molar-refractivity contribution in [1.82, 2.24) is 4.90 Å². The molecule has 150 valence electrons. The number of piperidine rings is 1. The van der Waals surface area contributed by atoms with Gasteiger partial charge >= 0.3 is 0 Å². The molecule has 0 bridgehead atoms. The number of thioether (sulfide) groups is 1. The third-order valence-corrected chi connectivity index (χ3v) is 6.60. The fourth-order valence-corrected chi connectivity index (χ4v) is 4.77. The molecule has 0 radical (unpaired) electrons. The highest BCUT2D eigenvalue weighted by atomic mass is 32.2. The van der Waals surface area contributed by atoms with E-state index < -0.39 is 5.25 Å². The molecular formula is C22H23N3O3S. The summed E-state index contributed by atoms with van der Waals surface area (Å²) >= 11 is 1.44. The molecule has 0 spiro atoms. The minimum atomic E-state index is -0.420. The van der Waals surface area contributed by atoms with E-state index in [1.807, 2.05) is 54.6 Å². The Balaban J connectivity index is 1.28. The number of amides is 3. The number of carbonyl (C=O) groups is 3. The molecule has 0 aliphatic carbocycles. The molecule has 1 saturated heterocycles. The van der Waals surface area contributed by atoms with Crippen molar-refractivity contribution < 1.29 is 14.4 Å². The van der Waals surface area contributed by atoms with Crippen molar-refractivity contribution in [2.75, 3.05) is 23.7 Å². The van der Waals surface area contributed by atoms with E-state index in [0.717, 1.165) is 16.3 Å². The van der Waals surface area contributed by atoms with Gasteiger partial charge in [-0.1, -0.05) is 30.3 Å². The van der Waals surface area contributed by atoms with Crippen LogP contribution >= 0.6 is 11.8 Å². The van der Waals surface area contributed by atoms with Crippen molar-refractivity contribution >= 4 is 40.9 Å². The van der Waals surface area contributed by atoms with Crippen LogP contribution in [-0.4, -0.2) is 41.0 Å². The van der Waals surface area contributed by atoms with E-state index in [-0.39, 0.29) is 30.1 Å². The molecule has 4 rings (SSSR count). The van der Waals surface area contributed by atoms with E-state index in [1.54, 1.807) is 4.90 Å². The molecule has 2 aromatic carbocycles. The van der Waals surface area contributed by atoms with Crippen molar-refractivity contribution in [2.24, 2.45) is 5.92 Å². The van der Waals surface area contributed by atoms with Crippen molar-refractivity contribution in [3.8, 4) is 0 Å². The lowest BCUT2D eigenvalue weighted by Gasteiger charge is -2.32. The first kappa shape index (κ1) is 19.5. The maximum absolute atomic E-state index is 12.7. The van der Waals surface area contributed by atoms with E-state index in [9.17, 15) is 14.4 Å². The van der Waals surface area contributed by atoms with E-state index in [2.05, 4.69) is 10.6 Å². The van der Waals surface area contributed by atoms with Crippen LogP contribution in [0, 0.1) is 5.92 Å². The van der Waals surface area contributed by atoms with E-state index >= 15 is 0 Å². The van der Waals surface area contributed by atoms with Gasteiger partial charge in [-0.05, 0) is 37.1 Å². The largest absolute Gasteiger partial charge is 0.343 e. The van der Waals surface area contributed by atoms with Gasteiger partial charge in [0.25, 0.3) is 0 Å². The summed E-state index contributed by atoms with van der Waals surface area (Å²) in [6.45, 7) is 1.09. The van der Waals surface area contributed by atoms with Crippen LogP contribution in [0.4, 0.5) is 11.4 Å². The number of rotatable bonds is 4. The van der Waals surface area contributed by atoms with Crippen LogP contribution in [0.25, 0.3) is 0 Å². The van der Waals surface area contributed by atoms with E-state index in [0.29, 0.717) is 25.9 Å². The first-order valence-electron chi connectivity index (χ1n) is 9.80. The fraction of sp³-hybridized carbons (Fsp3) is 0.318. The smallest absolute Gasteiger partial charge is 0.238 e. The summed E-state index contributed by atoms with van der Waals surface area (Å²) in [7, 11) is 0. The van der Waals surface area contributed by atoms with Crippen LogP contribution in [0.3, 0.4) is 0 Å². The normalized spacial score (nSPS) is 19.2. The second kappa shape index (κ2) is 8.69. The molecule has 2 heterocycles. The van der Waals surface area contributed by atoms with Gasteiger partial charge in [0, 0.05) is 36.0 Å². The maximum atomic E-state index is 12.7. The third-order valence-electron chi connectivity index (χ3n) is 5.33. The highest BCUT2D eigenvalue weighted by molar-refractivity contribution is 8.01. The Morgan fingerprint density at radius 2 is 1.72 bits per heavy atom. The average Bonchev–Trinajstić information content (AvgIpc) is 2.75. The van der Waals surface area contributed by atoms with Crippen LogP contribution < -0.4 is 10.6 Å². The van der Waals surface area contributed by atoms with Gasteiger partial charge in [0.15, 0.2) is 0 Å². The van der Waals surface area contributed by atoms with E-state index in [1.165, 1.54) is 11.8 Å². The van der Waals surface area contributed by atoms with Gasteiger partial charge < -0.3 is 15.5 Å². The standard InChI is InChI=1S/C22H23N3O3S/c26-20(14-19-22(28)24-17-8-4-5-9-18(17)29-19)25-12-10-15(11-13-25)21(27)23-16-6-2-1-3-7-16/h1-9,15,19H,10-14H2,(H,23,27)(H,24,28)/t19-/m1/s1. The summed E-state index contributed by atoms with van der Waals surface area (Å²) in [4.78, 5) is 40.3. The van der Waals surface area contributed by atoms with Crippen molar-refractivity contribution in [1.29, 1.82) is 0 Å². The van der Waals surface area contributed by atoms with Gasteiger partial charge in [-0.3, -0.25) is 14.4 Å². The number of anilines is 2. The lowest BCUT2D eigenvalue weighted by Crippen LogP contribution is -2.43. The number of para-hydroxylation sites is 2. The molecule has 0 aromatic heterocycles. The van der Waals surface area contributed by atoms with Crippen molar-refractivity contribution in [3.05, 3.63) is 54.6 Å². The number of hydrogen-bond acceptors (Lipinski definition) is 4. The molecule has 0 unspecified atom stereocenters. The lowest BCUT2D eigenvalue weighted by atomic mass is 9.95. The quantitative estimate of drug-likeness (QED) is 0.812. The number of hydrogen-bond donors (Lipinski definition) is 2. The Hall–Kier alpha value is -2.80. The molecule has 1 atom stereocenters. The minimum absolute atomic E-state index is 0.00196. The van der Waals surface area contributed by atoms with Crippen LogP contribution in [0.5, 0.6) is 0 Å². The number of benzene rings is 2. The van der Waals surface area contributed by atoms with Crippen LogP contribution in [-0.2, 0) is 14.4 Å². The van der Waals surface area contributed by atoms with Crippen LogP contribution in [0.1, 0.15) is 19.3 Å². The monoisotopic (exact) mass is 409 g/mol. The molecule has 0 saturated carbocycles. The van der Waals surface area contributed by atoms with Crippen LogP contribution in [0.2, 0.25) is 0 Å². The zero-order valence-electron chi connectivity index (χ0n) is 16.0. The molecule has 2 N–H and O–H groups in total. The fourth-order valence-electron chi connectivity index (χ4n) is 3.67. The number of fused-ring (bicyclic) bond motifs is 1. The zero-order chi connectivity index (χ0) is 20.2. The van der Waals surface area contributed by atoms with Gasteiger partial charge in [0.1, 0.15) is 0 Å². The molecule has 1 fully saturated rings. The van der Waals surface area contributed by atoms with Gasteiger partial charge in [0.05, 0.1) is 10.9 Å². The Kier molecular flexibility index (Phi) is 5.85. The van der Waals surface area contributed by atoms with Gasteiger partial charge in [-0.15, -0.1) is 11.8 Å². The third kappa shape index (κ3) is 4.62. The topological polar surface area (TPSA) is 78.5 Å². The summed E-state index contributed by atoms with van der Waals surface area (Å²) in [5, 5.41) is 5.40. The van der Waals surface area contributed by atoms with Crippen molar-refractivity contribution in [3.63, 3.8) is 0 Å². The predicted molar refractivity (Wildman–Crippen MR) is 114 cm³/mol. The first-order valence-corrected chi connectivity index (χ1v) is 10.7. The van der Waals surface area contributed by atoms with Gasteiger partial charge in [-0.2, -0.15) is 0 Å². The van der Waals surface area contributed by atoms with Crippen molar-refractivity contribution in [2.45, 2.75) is 29.4 Å². The number of carbonyl (C=O) groups excluding carboxylic acids is 3. The molecule has 7 heteroatoms. The zero-order valence-corrected chi connectivity index (χ0v) is 16.8. The SMILES string of the molecule is O=C(Nc1ccccc1)C1CCN(C(=O)C[C@H]2Sc3ccccc3NC2=O)CC1. The summed E-state index contributed by atoms with van der Waals surface area (Å²) in [6, 6.07) is 17.0. The van der Waals surface area contributed by atoms with E-state index in [4.69, 9.17) is 0 Å². The molecule has 2 aromatic rings. The molecule has 3 amide bonds. The Morgan fingerprint density at radius 1 is 1.03 bits per heavy atom. The predicted octanol–water partition coefficient (Wildman–Crippen LogP) is 3.37. The van der Waals surface area contributed by atoms with Gasteiger partial charge in [-0.25, -0.2) is 0 Å². The van der Waals surface area contributed by atoms with Gasteiger partial charge in [0.2, 0.25) is 17.7 Å². The number of nitrogens with one attached hydrogen (secondary N) is 2. The summed E-state index contributed by atoms with van der Waals surface area (Å²) in [5.74, 6) is -0.251. The summed E-state index contributed by atoms with van der Waals surface area (Å²) in [6.07, 6.45) is 1.44. The Labute approximate surface area is 174 Å². The second-order valence-corrected chi connectivity index (χ2v) is 8.55. The summed E-state index contributed by atoms with van der Waals surface area (Å²) in [5.41, 5.74) is 1.59. The highest BCUT2D eigenvalue weighted by Gasteiger charge is 2.32. The molecule has 2 aliphatic heterocycles. The second-order valence-electron chi connectivity index (χ2n) is 7.31. The Bertz CT molecular complexity index is 911. The molecule has 29 heavy (non-hydrogen) atoms.